The van der Waals surface area contributed by atoms with Gasteiger partial charge in [0.1, 0.15) is 0 Å². The van der Waals surface area contributed by atoms with Crippen molar-refractivity contribution in [2.45, 2.75) is 32.6 Å². The number of carbonyl (C=O) groups excluding carboxylic acids is 2. The predicted octanol–water partition coefficient (Wildman–Crippen LogP) is 2.70. The minimum Gasteiger partial charge on any atom is -0.350 e. The number of aryl methyl sites for hydroxylation is 1. The maximum atomic E-state index is 12.3. The van der Waals surface area contributed by atoms with E-state index in [0.717, 1.165) is 35.4 Å². The molecule has 21 heavy (non-hydrogen) atoms. The van der Waals surface area contributed by atoms with Crippen LogP contribution in [-0.4, -0.2) is 30.3 Å². The lowest BCUT2D eigenvalue weighted by molar-refractivity contribution is -0.131. The third kappa shape index (κ3) is 2.39. The van der Waals surface area contributed by atoms with Crippen molar-refractivity contribution in [1.29, 1.82) is 0 Å². The summed E-state index contributed by atoms with van der Waals surface area (Å²) < 4.78 is 0. The minimum absolute atomic E-state index is 0.00248. The first-order chi connectivity index (χ1) is 10.0. The number of likely N-dealkylation sites (tertiary alicyclic amines) is 1. The Morgan fingerprint density at radius 2 is 2.29 bits per heavy atom. The average Bonchev–Trinajstić information content (AvgIpc) is 3.08. The Hall–Kier alpha value is -1.62. The van der Waals surface area contributed by atoms with E-state index in [2.05, 4.69) is 11.4 Å². The molecule has 2 amide bonds. The molecule has 3 rings (SSSR count). The van der Waals surface area contributed by atoms with Crippen LogP contribution in [0.3, 0.4) is 0 Å². The molecule has 0 bridgehead atoms. The molecule has 0 aromatic carbocycles. The fourth-order valence-corrected chi connectivity index (χ4v) is 4.27. The quantitative estimate of drug-likeness (QED) is 0.933. The van der Waals surface area contributed by atoms with E-state index in [9.17, 15) is 9.59 Å². The standard InChI is InChI=1S/C16H20N2O2S/c1-11-6-9-21-14(11)15(20)17-10-16-7-3-4-12(16)18(2)13(19)5-8-16/h4,6,9H,3,5,7-8,10H2,1-2H3,(H,17,20). The van der Waals surface area contributed by atoms with Gasteiger partial charge in [-0.2, -0.15) is 0 Å². The van der Waals surface area contributed by atoms with Crippen LogP contribution in [0, 0.1) is 12.3 Å². The van der Waals surface area contributed by atoms with Gasteiger partial charge in [-0.05, 0) is 43.2 Å². The molecule has 4 nitrogen and oxygen atoms in total. The van der Waals surface area contributed by atoms with Crippen LogP contribution in [-0.2, 0) is 4.79 Å². The molecule has 1 atom stereocenters. The van der Waals surface area contributed by atoms with Gasteiger partial charge >= 0.3 is 0 Å². The highest BCUT2D eigenvalue weighted by molar-refractivity contribution is 7.12. The number of fused-ring (bicyclic) bond motifs is 1. The molecule has 1 aromatic rings. The summed E-state index contributed by atoms with van der Waals surface area (Å²) >= 11 is 1.48. The first-order valence-corrected chi connectivity index (χ1v) is 8.21. The number of nitrogens with one attached hydrogen (secondary N) is 1. The average molecular weight is 304 g/mol. The highest BCUT2D eigenvalue weighted by atomic mass is 32.1. The van der Waals surface area contributed by atoms with Gasteiger partial charge in [-0.1, -0.05) is 6.08 Å². The second kappa shape index (κ2) is 5.30. The van der Waals surface area contributed by atoms with Crippen molar-refractivity contribution < 1.29 is 9.59 Å². The Morgan fingerprint density at radius 1 is 1.48 bits per heavy atom. The number of carbonyl (C=O) groups is 2. The summed E-state index contributed by atoms with van der Waals surface area (Å²) in [5.41, 5.74) is 2.07. The van der Waals surface area contributed by atoms with Crippen molar-refractivity contribution in [3.63, 3.8) is 0 Å². The van der Waals surface area contributed by atoms with Gasteiger partial charge < -0.3 is 10.2 Å². The third-order valence-corrected chi connectivity index (χ3v) is 5.73. The molecule has 0 saturated carbocycles. The number of nitrogens with zero attached hydrogens (tertiary/aromatic N) is 1. The largest absolute Gasteiger partial charge is 0.350 e. The van der Waals surface area contributed by atoms with Gasteiger partial charge in [0.05, 0.1) is 4.88 Å². The van der Waals surface area contributed by atoms with E-state index in [1.807, 2.05) is 25.4 Å². The SMILES string of the molecule is Cc1ccsc1C(=O)NCC12CCC=C1N(C)C(=O)CC2. The van der Waals surface area contributed by atoms with Crippen LogP contribution in [0.2, 0.25) is 0 Å². The van der Waals surface area contributed by atoms with Crippen molar-refractivity contribution in [3.05, 3.63) is 33.7 Å². The van der Waals surface area contributed by atoms with Gasteiger partial charge in [-0.15, -0.1) is 11.3 Å². The van der Waals surface area contributed by atoms with Crippen molar-refractivity contribution in [3.8, 4) is 0 Å². The summed E-state index contributed by atoms with van der Waals surface area (Å²) in [4.78, 5) is 26.7. The molecule has 1 unspecified atom stereocenters. The van der Waals surface area contributed by atoms with Gasteiger partial charge in [-0.25, -0.2) is 0 Å². The van der Waals surface area contributed by atoms with E-state index >= 15 is 0 Å². The zero-order chi connectivity index (χ0) is 15.0. The summed E-state index contributed by atoms with van der Waals surface area (Å²) in [5.74, 6) is 0.182. The number of hydrogen-bond acceptors (Lipinski definition) is 3. The first kappa shape index (κ1) is 14.3. The molecule has 2 aliphatic rings. The number of allylic oxidation sites excluding steroid dienone is 1. The predicted molar refractivity (Wildman–Crippen MR) is 83.1 cm³/mol. The molecular formula is C16H20N2O2S. The molecule has 1 saturated heterocycles. The van der Waals surface area contributed by atoms with Gasteiger partial charge in [0, 0.05) is 31.1 Å². The normalized spacial score (nSPS) is 24.8. The Morgan fingerprint density at radius 3 is 3.00 bits per heavy atom. The van der Waals surface area contributed by atoms with Crippen molar-refractivity contribution in [2.75, 3.05) is 13.6 Å². The number of thiophene rings is 1. The van der Waals surface area contributed by atoms with Crippen LogP contribution in [0.15, 0.2) is 23.2 Å². The number of amides is 2. The molecular weight excluding hydrogens is 284 g/mol. The summed E-state index contributed by atoms with van der Waals surface area (Å²) in [6.45, 7) is 2.57. The maximum Gasteiger partial charge on any atom is 0.261 e. The molecule has 112 valence electrons. The third-order valence-electron chi connectivity index (χ3n) is 4.71. The molecule has 1 aromatic heterocycles. The van der Waals surface area contributed by atoms with E-state index in [1.54, 1.807) is 4.90 Å². The lowest BCUT2D eigenvalue weighted by Gasteiger charge is -2.41. The van der Waals surface area contributed by atoms with Gasteiger partial charge in [-0.3, -0.25) is 9.59 Å². The van der Waals surface area contributed by atoms with E-state index in [1.165, 1.54) is 11.3 Å². The monoisotopic (exact) mass is 304 g/mol. The Bertz CT molecular complexity index is 620. The Labute approximate surface area is 128 Å². The molecule has 1 aliphatic carbocycles. The van der Waals surface area contributed by atoms with Crippen LogP contribution in [0.4, 0.5) is 0 Å². The number of hydrogen-bond donors (Lipinski definition) is 1. The zero-order valence-electron chi connectivity index (χ0n) is 12.4. The van der Waals surface area contributed by atoms with Crippen LogP contribution < -0.4 is 5.32 Å². The molecule has 0 radical (unpaired) electrons. The van der Waals surface area contributed by atoms with E-state index in [-0.39, 0.29) is 17.2 Å². The van der Waals surface area contributed by atoms with Crippen molar-refractivity contribution in [1.82, 2.24) is 10.2 Å². The van der Waals surface area contributed by atoms with Crippen molar-refractivity contribution >= 4 is 23.2 Å². The number of rotatable bonds is 3. The molecule has 2 heterocycles. The number of piperidine rings is 1. The summed E-state index contributed by atoms with van der Waals surface area (Å²) in [6, 6.07) is 1.96. The summed E-state index contributed by atoms with van der Waals surface area (Å²) in [7, 11) is 1.85. The lowest BCUT2D eigenvalue weighted by atomic mass is 9.77. The van der Waals surface area contributed by atoms with Crippen LogP contribution >= 0.6 is 11.3 Å². The van der Waals surface area contributed by atoms with Crippen LogP contribution in [0.5, 0.6) is 0 Å². The zero-order valence-corrected chi connectivity index (χ0v) is 13.3. The Kier molecular flexibility index (Phi) is 3.61. The first-order valence-electron chi connectivity index (χ1n) is 7.33. The highest BCUT2D eigenvalue weighted by Crippen LogP contribution is 2.46. The lowest BCUT2D eigenvalue weighted by Crippen LogP contribution is -2.46. The molecule has 0 spiro atoms. The van der Waals surface area contributed by atoms with Gasteiger partial charge in [0.25, 0.3) is 5.91 Å². The summed E-state index contributed by atoms with van der Waals surface area (Å²) in [6.07, 6.45) is 5.57. The van der Waals surface area contributed by atoms with Crippen LogP contribution in [0.25, 0.3) is 0 Å². The topological polar surface area (TPSA) is 49.4 Å². The fraction of sp³-hybridized carbons (Fsp3) is 0.500. The smallest absolute Gasteiger partial charge is 0.261 e. The molecule has 5 heteroatoms. The van der Waals surface area contributed by atoms with Crippen LogP contribution in [0.1, 0.15) is 40.9 Å². The fourth-order valence-electron chi connectivity index (χ4n) is 3.43. The van der Waals surface area contributed by atoms with Gasteiger partial charge in [0.15, 0.2) is 0 Å². The van der Waals surface area contributed by atoms with E-state index < -0.39 is 0 Å². The maximum absolute atomic E-state index is 12.3. The minimum atomic E-state index is -0.0521. The van der Waals surface area contributed by atoms with Gasteiger partial charge in [0.2, 0.25) is 5.91 Å². The second-order valence-corrected chi connectivity index (χ2v) is 6.89. The Balaban J connectivity index is 1.73. The highest BCUT2D eigenvalue weighted by Gasteiger charge is 2.44. The molecule has 1 aliphatic heterocycles. The summed E-state index contributed by atoms with van der Waals surface area (Å²) in [5, 5.41) is 5.03. The molecule has 1 fully saturated rings. The van der Waals surface area contributed by atoms with E-state index in [0.29, 0.717) is 13.0 Å². The van der Waals surface area contributed by atoms with Crippen molar-refractivity contribution in [2.24, 2.45) is 5.41 Å². The van der Waals surface area contributed by atoms with E-state index in [4.69, 9.17) is 0 Å². The molecule has 1 N–H and O–H groups in total. The second-order valence-electron chi connectivity index (χ2n) is 5.98.